The first-order valence-electron chi connectivity index (χ1n) is 4.59. The third-order valence-electron chi connectivity index (χ3n) is 1.81. The molecule has 0 unspecified atom stereocenters. The van der Waals surface area contributed by atoms with Crippen LogP contribution in [0.25, 0.3) is 0 Å². The quantitative estimate of drug-likeness (QED) is 0.655. The Bertz CT molecular complexity index is 407. The van der Waals surface area contributed by atoms with Crippen molar-refractivity contribution in [2.24, 2.45) is 0 Å². The van der Waals surface area contributed by atoms with E-state index in [1.165, 1.54) is 12.1 Å². The van der Waals surface area contributed by atoms with Crippen molar-refractivity contribution in [3.05, 3.63) is 46.8 Å². The summed E-state index contributed by atoms with van der Waals surface area (Å²) in [5.74, 6) is -0.416. The van der Waals surface area contributed by atoms with Crippen LogP contribution in [0.2, 0.25) is 5.02 Å². The minimum absolute atomic E-state index is 0.0961. The number of hydrogen-bond acceptors (Lipinski definition) is 1. The zero-order valence-corrected chi connectivity index (χ0v) is 9.85. The Labute approximate surface area is 103 Å². The molecule has 0 aliphatic heterocycles. The predicted octanol–water partition coefficient (Wildman–Crippen LogP) is 3.00. The van der Waals surface area contributed by atoms with Crippen LogP contribution >= 0.6 is 23.2 Å². The second kappa shape index (κ2) is 6.51. The molecule has 1 N–H and O–H groups in total. The van der Waals surface area contributed by atoms with Gasteiger partial charge in [0.2, 0.25) is 0 Å². The number of amides is 1. The molecule has 0 saturated carbocycles. The summed E-state index contributed by atoms with van der Waals surface area (Å²) in [7, 11) is 0. The van der Waals surface area contributed by atoms with E-state index in [9.17, 15) is 9.18 Å². The number of benzene rings is 1. The van der Waals surface area contributed by atoms with Crippen LogP contribution in [0, 0.1) is 5.82 Å². The van der Waals surface area contributed by atoms with E-state index in [2.05, 4.69) is 5.32 Å². The van der Waals surface area contributed by atoms with E-state index in [1.54, 1.807) is 12.2 Å². The molecule has 0 spiro atoms. The summed E-state index contributed by atoms with van der Waals surface area (Å²) < 4.78 is 12.7. The van der Waals surface area contributed by atoms with Crippen molar-refractivity contribution < 1.29 is 9.18 Å². The normalized spacial score (nSPS) is 10.7. The first kappa shape index (κ1) is 13.0. The van der Waals surface area contributed by atoms with Gasteiger partial charge in [-0.2, -0.15) is 0 Å². The van der Waals surface area contributed by atoms with Crippen molar-refractivity contribution in [3.8, 4) is 0 Å². The second-order valence-electron chi connectivity index (χ2n) is 2.96. The average Bonchev–Trinajstić information content (AvgIpc) is 2.24. The van der Waals surface area contributed by atoms with Gasteiger partial charge >= 0.3 is 0 Å². The summed E-state index contributed by atoms with van der Waals surface area (Å²) in [6.07, 6.45) is 3.44. The van der Waals surface area contributed by atoms with Crippen LogP contribution in [-0.2, 0) is 0 Å². The van der Waals surface area contributed by atoms with Gasteiger partial charge in [0, 0.05) is 12.4 Å². The minimum Gasteiger partial charge on any atom is -0.349 e. The first-order valence-corrected chi connectivity index (χ1v) is 5.50. The Morgan fingerprint density at radius 2 is 2.19 bits per heavy atom. The SMILES string of the molecule is O=C(NC/C=C/CCl)c1ccc(F)cc1Cl. The highest BCUT2D eigenvalue weighted by Crippen LogP contribution is 2.16. The van der Waals surface area contributed by atoms with Crippen LogP contribution in [0.5, 0.6) is 0 Å². The molecular weight excluding hydrogens is 252 g/mol. The maximum absolute atomic E-state index is 12.7. The van der Waals surface area contributed by atoms with E-state index in [1.807, 2.05) is 0 Å². The molecule has 0 atom stereocenters. The van der Waals surface area contributed by atoms with E-state index in [-0.39, 0.29) is 16.5 Å². The van der Waals surface area contributed by atoms with Gasteiger partial charge in [-0.05, 0) is 18.2 Å². The van der Waals surface area contributed by atoms with Gasteiger partial charge in [0.25, 0.3) is 5.91 Å². The van der Waals surface area contributed by atoms with Gasteiger partial charge in [-0.1, -0.05) is 23.8 Å². The third kappa shape index (κ3) is 3.83. The molecule has 0 heterocycles. The van der Waals surface area contributed by atoms with E-state index in [0.717, 1.165) is 6.07 Å². The number of nitrogens with one attached hydrogen (secondary N) is 1. The number of alkyl halides is 1. The molecule has 1 aromatic rings. The standard InChI is InChI=1S/C11H10Cl2FNO/c12-5-1-2-6-15-11(16)9-4-3-8(14)7-10(9)13/h1-4,7H,5-6H2,(H,15,16)/b2-1+. The highest BCUT2D eigenvalue weighted by atomic mass is 35.5. The average molecular weight is 262 g/mol. The van der Waals surface area contributed by atoms with Crippen molar-refractivity contribution in [2.75, 3.05) is 12.4 Å². The number of allylic oxidation sites excluding steroid dienone is 1. The molecule has 0 fully saturated rings. The zero-order chi connectivity index (χ0) is 12.0. The first-order chi connectivity index (χ1) is 7.65. The van der Waals surface area contributed by atoms with Gasteiger partial charge in [-0.15, -0.1) is 11.6 Å². The van der Waals surface area contributed by atoms with Crippen molar-refractivity contribution in [1.29, 1.82) is 0 Å². The van der Waals surface area contributed by atoms with E-state index < -0.39 is 5.82 Å². The van der Waals surface area contributed by atoms with E-state index in [0.29, 0.717) is 12.4 Å². The highest BCUT2D eigenvalue weighted by molar-refractivity contribution is 6.33. The maximum atomic E-state index is 12.7. The Hall–Kier alpha value is -1.06. The molecule has 5 heteroatoms. The lowest BCUT2D eigenvalue weighted by Gasteiger charge is -2.04. The summed E-state index contributed by atoms with van der Waals surface area (Å²) in [6.45, 7) is 0.360. The zero-order valence-electron chi connectivity index (χ0n) is 8.34. The van der Waals surface area contributed by atoms with Crippen molar-refractivity contribution in [2.45, 2.75) is 0 Å². The predicted molar refractivity (Wildman–Crippen MR) is 63.6 cm³/mol. The van der Waals surface area contributed by atoms with Gasteiger partial charge < -0.3 is 5.32 Å². The monoisotopic (exact) mass is 261 g/mol. The van der Waals surface area contributed by atoms with Crippen LogP contribution < -0.4 is 5.32 Å². The lowest BCUT2D eigenvalue weighted by molar-refractivity contribution is 0.0958. The smallest absolute Gasteiger partial charge is 0.253 e. The van der Waals surface area contributed by atoms with Gasteiger partial charge in [-0.25, -0.2) is 4.39 Å². The van der Waals surface area contributed by atoms with Crippen molar-refractivity contribution in [3.63, 3.8) is 0 Å². The maximum Gasteiger partial charge on any atom is 0.253 e. The fourth-order valence-electron chi connectivity index (χ4n) is 1.07. The van der Waals surface area contributed by atoms with Gasteiger partial charge in [0.05, 0.1) is 10.6 Å². The molecule has 1 rings (SSSR count). The largest absolute Gasteiger partial charge is 0.349 e. The molecule has 0 aliphatic carbocycles. The number of carbonyl (C=O) groups excluding carboxylic acids is 1. The van der Waals surface area contributed by atoms with Crippen LogP contribution in [0.1, 0.15) is 10.4 Å². The van der Waals surface area contributed by atoms with Crippen molar-refractivity contribution >= 4 is 29.1 Å². The number of rotatable bonds is 4. The summed E-state index contributed by atoms with van der Waals surface area (Å²) in [5.41, 5.74) is 0.252. The van der Waals surface area contributed by atoms with Gasteiger partial charge in [-0.3, -0.25) is 4.79 Å². The topological polar surface area (TPSA) is 29.1 Å². The molecule has 0 bridgehead atoms. The molecule has 86 valence electrons. The van der Waals surface area contributed by atoms with E-state index >= 15 is 0 Å². The van der Waals surface area contributed by atoms with Crippen LogP contribution in [0.3, 0.4) is 0 Å². The van der Waals surface area contributed by atoms with Gasteiger partial charge in [0.15, 0.2) is 0 Å². The summed E-state index contributed by atoms with van der Waals surface area (Å²) in [6, 6.07) is 3.64. The summed E-state index contributed by atoms with van der Waals surface area (Å²) in [4.78, 5) is 11.6. The Morgan fingerprint density at radius 3 is 2.81 bits per heavy atom. The molecule has 0 radical (unpaired) electrons. The highest BCUT2D eigenvalue weighted by Gasteiger charge is 2.09. The lowest BCUT2D eigenvalue weighted by Crippen LogP contribution is -2.23. The molecule has 1 aromatic carbocycles. The summed E-state index contributed by atoms with van der Waals surface area (Å²) in [5, 5.41) is 2.70. The molecule has 0 aliphatic rings. The molecule has 16 heavy (non-hydrogen) atoms. The fraction of sp³-hybridized carbons (Fsp3) is 0.182. The molecule has 2 nitrogen and oxygen atoms in total. The molecule has 0 aromatic heterocycles. The number of hydrogen-bond donors (Lipinski definition) is 1. The van der Waals surface area contributed by atoms with Crippen LogP contribution in [0.4, 0.5) is 4.39 Å². The van der Waals surface area contributed by atoms with E-state index in [4.69, 9.17) is 23.2 Å². The van der Waals surface area contributed by atoms with Crippen molar-refractivity contribution in [1.82, 2.24) is 5.32 Å². The number of carbonyl (C=O) groups is 1. The molecular formula is C11H10Cl2FNO. The number of halogens is 3. The Kier molecular flexibility index (Phi) is 5.29. The van der Waals surface area contributed by atoms with Crippen LogP contribution in [-0.4, -0.2) is 18.3 Å². The molecule has 1 amide bonds. The minimum atomic E-state index is -0.469. The Balaban J connectivity index is 2.63. The van der Waals surface area contributed by atoms with Gasteiger partial charge in [0.1, 0.15) is 5.82 Å². The summed E-state index contributed by atoms with van der Waals surface area (Å²) >= 11 is 11.1. The fourth-order valence-corrected chi connectivity index (χ4v) is 1.45. The Morgan fingerprint density at radius 1 is 1.44 bits per heavy atom. The lowest BCUT2D eigenvalue weighted by atomic mass is 10.2. The second-order valence-corrected chi connectivity index (χ2v) is 3.68. The molecule has 0 saturated heterocycles. The van der Waals surface area contributed by atoms with Crippen LogP contribution in [0.15, 0.2) is 30.4 Å². The third-order valence-corrected chi connectivity index (χ3v) is 2.30.